The number of fused-ring (bicyclic) bond motifs is 3. The summed E-state index contributed by atoms with van der Waals surface area (Å²) >= 11 is 0. The summed E-state index contributed by atoms with van der Waals surface area (Å²) < 4.78 is 24.5. The molecule has 0 fully saturated rings. The zero-order valence-electron chi connectivity index (χ0n) is 14.6. The molecule has 0 aromatic carbocycles. The van der Waals surface area contributed by atoms with Crippen LogP contribution in [0.4, 0.5) is 4.39 Å². The number of nitrogens with two attached hydrogens (primary N) is 1. The average Bonchev–Trinajstić information content (AvgIpc) is 2.87. The van der Waals surface area contributed by atoms with E-state index in [1.807, 2.05) is 4.98 Å². The second-order valence-electron chi connectivity index (χ2n) is 6.35. The number of rotatable bonds is 2. The van der Waals surface area contributed by atoms with Crippen LogP contribution in [0.5, 0.6) is 5.88 Å². The fourth-order valence-electron chi connectivity index (χ4n) is 3.84. The van der Waals surface area contributed by atoms with Gasteiger partial charge in [-0.2, -0.15) is 0 Å². The van der Waals surface area contributed by atoms with E-state index in [1.165, 1.54) is 12.2 Å². The molecule has 2 aliphatic heterocycles. The van der Waals surface area contributed by atoms with Crippen LogP contribution in [0.2, 0.25) is 0 Å². The molecule has 1 aromatic rings. The number of hydrogen-bond donors (Lipinski definition) is 4. The van der Waals surface area contributed by atoms with Crippen molar-refractivity contribution in [3.63, 3.8) is 0 Å². The van der Waals surface area contributed by atoms with Crippen LogP contribution in [0.1, 0.15) is 18.9 Å². The fourth-order valence-corrected chi connectivity index (χ4v) is 3.84. The van der Waals surface area contributed by atoms with E-state index in [0.717, 1.165) is 0 Å². The highest BCUT2D eigenvalue weighted by atomic mass is 19.1. The molecular weight excluding hydrogens is 375 g/mol. The van der Waals surface area contributed by atoms with Crippen LogP contribution in [-0.4, -0.2) is 34.6 Å². The molecule has 1 spiro atoms. The van der Waals surface area contributed by atoms with Crippen molar-refractivity contribution in [1.29, 1.82) is 0 Å². The SMILES string of the molecule is CCOC(=O)C1=C(N)Oc2[nH]c(=O)[nH]c(=O)c2C12C(=O)NC1=C2CC(F)C=C1. The molecule has 4 rings (SSSR count). The van der Waals surface area contributed by atoms with Gasteiger partial charge >= 0.3 is 11.7 Å². The first kappa shape index (κ1) is 17.8. The zero-order valence-corrected chi connectivity index (χ0v) is 14.6. The van der Waals surface area contributed by atoms with Crippen molar-refractivity contribution in [2.75, 3.05) is 6.61 Å². The molecule has 0 saturated carbocycles. The number of allylic oxidation sites excluding steroid dienone is 2. The van der Waals surface area contributed by atoms with E-state index >= 15 is 0 Å². The molecule has 28 heavy (non-hydrogen) atoms. The van der Waals surface area contributed by atoms with E-state index in [9.17, 15) is 23.6 Å². The van der Waals surface area contributed by atoms with Gasteiger partial charge < -0.3 is 20.5 Å². The summed E-state index contributed by atoms with van der Waals surface area (Å²) in [4.78, 5) is 54.5. The third-order valence-corrected chi connectivity index (χ3v) is 4.83. The van der Waals surface area contributed by atoms with E-state index in [2.05, 4.69) is 10.3 Å². The summed E-state index contributed by atoms with van der Waals surface area (Å²) in [5.41, 5.74) is 1.51. The van der Waals surface area contributed by atoms with E-state index in [1.54, 1.807) is 6.92 Å². The molecule has 5 N–H and O–H groups in total. The quantitative estimate of drug-likeness (QED) is 0.477. The Morgan fingerprint density at radius 2 is 2.14 bits per heavy atom. The number of hydrogen-bond acceptors (Lipinski definition) is 7. The molecule has 3 aliphatic rings. The van der Waals surface area contributed by atoms with Crippen molar-refractivity contribution < 1.29 is 23.5 Å². The number of aromatic nitrogens is 2. The Hall–Kier alpha value is -3.63. The third-order valence-electron chi connectivity index (χ3n) is 4.83. The van der Waals surface area contributed by atoms with Crippen molar-refractivity contribution >= 4 is 11.9 Å². The molecule has 3 heterocycles. The number of nitrogens with one attached hydrogen (secondary N) is 3. The minimum absolute atomic E-state index is 0.0420. The lowest BCUT2D eigenvalue weighted by Gasteiger charge is -2.35. The van der Waals surface area contributed by atoms with Crippen LogP contribution in [0, 0.1) is 0 Å². The molecule has 0 bridgehead atoms. The topological polar surface area (TPSA) is 156 Å². The van der Waals surface area contributed by atoms with Gasteiger partial charge in [0.05, 0.1) is 6.61 Å². The van der Waals surface area contributed by atoms with E-state index in [4.69, 9.17) is 15.2 Å². The lowest BCUT2D eigenvalue weighted by Crippen LogP contribution is -2.52. The highest BCUT2D eigenvalue weighted by Crippen LogP contribution is 2.51. The predicted octanol–water partition coefficient (Wildman–Crippen LogP) is -0.891. The number of amides is 1. The molecule has 10 nitrogen and oxygen atoms in total. The van der Waals surface area contributed by atoms with Gasteiger partial charge in [0.25, 0.3) is 5.56 Å². The first-order chi connectivity index (χ1) is 13.3. The Morgan fingerprint density at radius 1 is 1.39 bits per heavy atom. The molecule has 146 valence electrons. The Balaban J connectivity index is 2.12. The predicted molar refractivity (Wildman–Crippen MR) is 91.7 cm³/mol. The highest BCUT2D eigenvalue weighted by Gasteiger charge is 2.61. The summed E-state index contributed by atoms with van der Waals surface area (Å²) in [6, 6.07) is 0. The van der Waals surface area contributed by atoms with Crippen molar-refractivity contribution in [1.82, 2.24) is 15.3 Å². The van der Waals surface area contributed by atoms with Gasteiger partial charge in [-0.1, -0.05) is 0 Å². The standard InChI is InChI=1S/C17H15FN4O6/c1-2-27-14(24)9-11(19)28-13-10(12(23)21-16(26)22-13)17(9)7-5-6(18)3-4-8(7)20-15(17)25/h3-4,6H,2,5,19H2,1H3,(H,20,25)(H2,21,22,23,26). The highest BCUT2D eigenvalue weighted by molar-refractivity contribution is 6.10. The van der Waals surface area contributed by atoms with Crippen molar-refractivity contribution in [3.8, 4) is 5.88 Å². The number of carbonyl (C=O) groups excluding carboxylic acids is 2. The van der Waals surface area contributed by atoms with Gasteiger partial charge in [-0.25, -0.2) is 14.0 Å². The summed E-state index contributed by atoms with van der Waals surface area (Å²) in [7, 11) is 0. The largest absolute Gasteiger partial charge is 0.462 e. The number of aromatic amines is 2. The first-order valence-electron chi connectivity index (χ1n) is 8.40. The van der Waals surface area contributed by atoms with Crippen LogP contribution in [0.25, 0.3) is 0 Å². The number of alkyl halides is 1. The van der Waals surface area contributed by atoms with Gasteiger partial charge in [-0.05, 0) is 24.6 Å². The molecule has 2 atom stereocenters. The average molecular weight is 390 g/mol. The molecule has 0 radical (unpaired) electrons. The fraction of sp³-hybridized carbons (Fsp3) is 0.294. The lowest BCUT2D eigenvalue weighted by molar-refractivity contribution is -0.141. The molecule has 0 saturated heterocycles. The minimum atomic E-state index is -2.09. The van der Waals surface area contributed by atoms with Crippen molar-refractivity contribution in [2.45, 2.75) is 24.9 Å². The summed E-state index contributed by atoms with van der Waals surface area (Å²) in [5.74, 6) is -2.72. The normalized spacial score (nSPS) is 25.4. The Labute approximate surface area is 155 Å². The van der Waals surface area contributed by atoms with E-state index in [0.29, 0.717) is 0 Å². The van der Waals surface area contributed by atoms with Crippen LogP contribution in [-0.2, 0) is 19.7 Å². The summed E-state index contributed by atoms with van der Waals surface area (Å²) in [6.45, 7) is 1.50. The van der Waals surface area contributed by atoms with Gasteiger partial charge in [-0.15, -0.1) is 0 Å². The first-order valence-corrected chi connectivity index (χ1v) is 8.40. The molecular formula is C17H15FN4O6. The monoisotopic (exact) mass is 390 g/mol. The Kier molecular flexibility index (Phi) is 3.77. The Morgan fingerprint density at radius 3 is 2.86 bits per heavy atom. The van der Waals surface area contributed by atoms with E-state index in [-0.39, 0.29) is 29.9 Å². The van der Waals surface area contributed by atoms with Crippen LogP contribution in [0.15, 0.2) is 44.5 Å². The number of H-pyrrole nitrogens is 2. The summed E-state index contributed by atoms with van der Waals surface area (Å²) in [5, 5.41) is 2.56. The second kappa shape index (κ2) is 5.94. The maximum Gasteiger partial charge on any atom is 0.341 e. The van der Waals surface area contributed by atoms with Crippen molar-refractivity contribution in [3.05, 3.63) is 61.3 Å². The van der Waals surface area contributed by atoms with Crippen molar-refractivity contribution in [2.24, 2.45) is 5.73 Å². The maximum absolute atomic E-state index is 14.2. The van der Waals surface area contributed by atoms with Crippen LogP contribution < -0.4 is 27.0 Å². The zero-order chi connectivity index (χ0) is 20.2. The number of carbonyl (C=O) groups is 2. The van der Waals surface area contributed by atoms with E-state index < -0.39 is 52.0 Å². The molecule has 1 amide bonds. The van der Waals surface area contributed by atoms with Gasteiger partial charge in [0.15, 0.2) is 0 Å². The third kappa shape index (κ3) is 2.19. The number of halogens is 1. The van der Waals surface area contributed by atoms with Gasteiger partial charge in [-0.3, -0.25) is 19.6 Å². The van der Waals surface area contributed by atoms with Gasteiger partial charge in [0.1, 0.15) is 22.7 Å². The molecule has 2 unspecified atom stereocenters. The second-order valence-corrected chi connectivity index (χ2v) is 6.35. The maximum atomic E-state index is 14.2. The smallest absolute Gasteiger partial charge is 0.341 e. The minimum Gasteiger partial charge on any atom is -0.462 e. The number of ether oxygens (including phenoxy) is 2. The molecule has 1 aromatic heterocycles. The Bertz CT molecular complexity index is 1130. The van der Waals surface area contributed by atoms with Crippen LogP contribution in [0.3, 0.4) is 0 Å². The molecule has 11 heteroatoms. The van der Waals surface area contributed by atoms with Gasteiger partial charge in [0.2, 0.25) is 17.7 Å². The lowest BCUT2D eigenvalue weighted by atomic mass is 9.66. The molecule has 1 aliphatic carbocycles. The van der Waals surface area contributed by atoms with Crippen LogP contribution >= 0.6 is 0 Å². The summed E-state index contributed by atoms with van der Waals surface area (Å²) in [6.07, 6.45) is 0.858. The number of esters is 1. The van der Waals surface area contributed by atoms with Gasteiger partial charge in [0, 0.05) is 12.1 Å².